The molecule has 1 aromatic heterocycles. The molecule has 0 bridgehead atoms. The van der Waals surface area contributed by atoms with Gasteiger partial charge in [0.15, 0.2) is 0 Å². The van der Waals surface area contributed by atoms with Gasteiger partial charge in [0.1, 0.15) is 6.54 Å². The number of aromatic nitrogens is 1. The lowest BCUT2D eigenvalue weighted by Crippen LogP contribution is -2.44. The minimum absolute atomic E-state index is 0.00287. The summed E-state index contributed by atoms with van der Waals surface area (Å²) in [7, 11) is 0. The van der Waals surface area contributed by atoms with Crippen molar-refractivity contribution in [2.24, 2.45) is 11.3 Å². The molecule has 1 heterocycles. The number of hydrogen-bond donors (Lipinski definition) is 0. The number of carbonyl (C=O) groups is 1. The monoisotopic (exact) mass is 314 g/mol. The van der Waals surface area contributed by atoms with E-state index >= 15 is 0 Å². The predicted octanol–water partition coefficient (Wildman–Crippen LogP) is 3.62. The van der Waals surface area contributed by atoms with E-state index in [0.717, 1.165) is 10.5 Å². The molecule has 0 N–H and O–H groups in total. The van der Waals surface area contributed by atoms with Crippen LogP contribution in [0.15, 0.2) is 24.5 Å². The van der Waals surface area contributed by atoms with Gasteiger partial charge in [-0.05, 0) is 29.4 Å². The normalized spacial score (nSPS) is 21.5. The van der Waals surface area contributed by atoms with Crippen LogP contribution in [0, 0.1) is 11.3 Å². The van der Waals surface area contributed by atoms with Gasteiger partial charge in [0.05, 0.1) is 0 Å². The fourth-order valence-electron chi connectivity index (χ4n) is 2.67. The number of carbonyl (C=O) groups excluding carboxylic acids is 1. The van der Waals surface area contributed by atoms with Crippen LogP contribution in [-0.4, -0.2) is 35.1 Å². The van der Waals surface area contributed by atoms with Gasteiger partial charge in [0, 0.05) is 24.9 Å². The van der Waals surface area contributed by atoms with Crippen LogP contribution >= 0.6 is 0 Å². The Hall–Kier alpha value is -1.59. The Bertz CT molecular complexity index is 506. The summed E-state index contributed by atoms with van der Waals surface area (Å²) in [5.74, 6) is -0.757. The van der Waals surface area contributed by atoms with Crippen LogP contribution in [0.1, 0.15) is 38.7 Å². The van der Waals surface area contributed by atoms with Gasteiger partial charge in [-0.1, -0.05) is 26.8 Å². The highest BCUT2D eigenvalue weighted by Crippen LogP contribution is 2.48. The van der Waals surface area contributed by atoms with Crippen molar-refractivity contribution in [3.05, 3.63) is 30.1 Å². The quantitative estimate of drug-likeness (QED) is 0.850. The minimum Gasteiger partial charge on any atom is -0.333 e. The number of rotatable bonds is 4. The second-order valence-corrected chi connectivity index (χ2v) is 7.11. The lowest BCUT2D eigenvalue weighted by Gasteiger charge is -2.31. The first-order chi connectivity index (χ1) is 10.1. The molecular formula is C16H21F3N2O. The SMILES string of the molecule is CC(C)(C)CN(CC(F)(F)F)C(=O)[C@H]1C[C@H]1c1cccnc1. The molecular weight excluding hydrogens is 293 g/mol. The maximum absolute atomic E-state index is 12.7. The summed E-state index contributed by atoms with van der Waals surface area (Å²) in [5.41, 5.74) is 0.545. The molecule has 2 atom stereocenters. The van der Waals surface area contributed by atoms with E-state index in [0.29, 0.717) is 6.42 Å². The average molecular weight is 314 g/mol. The highest BCUT2D eigenvalue weighted by molar-refractivity contribution is 5.83. The third-order valence-corrected chi connectivity index (χ3v) is 3.57. The molecule has 2 rings (SSSR count). The smallest absolute Gasteiger partial charge is 0.333 e. The van der Waals surface area contributed by atoms with E-state index in [9.17, 15) is 18.0 Å². The van der Waals surface area contributed by atoms with E-state index in [-0.39, 0.29) is 23.8 Å². The Balaban J connectivity index is 2.07. The number of halogens is 3. The maximum Gasteiger partial charge on any atom is 0.406 e. The Morgan fingerprint density at radius 3 is 2.50 bits per heavy atom. The van der Waals surface area contributed by atoms with Crippen LogP contribution in [0.4, 0.5) is 13.2 Å². The summed E-state index contributed by atoms with van der Waals surface area (Å²) in [6, 6.07) is 3.64. The lowest BCUT2D eigenvalue weighted by molar-refractivity contribution is -0.164. The Kier molecular flexibility index (Phi) is 4.49. The highest BCUT2D eigenvalue weighted by atomic mass is 19.4. The summed E-state index contributed by atoms with van der Waals surface area (Å²) in [6.45, 7) is 4.40. The van der Waals surface area contributed by atoms with Gasteiger partial charge in [0.2, 0.25) is 5.91 Å². The molecule has 0 radical (unpaired) electrons. The van der Waals surface area contributed by atoms with Crippen LogP contribution < -0.4 is 0 Å². The lowest BCUT2D eigenvalue weighted by atomic mass is 9.95. The van der Waals surface area contributed by atoms with E-state index in [2.05, 4.69) is 4.98 Å². The van der Waals surface area contributed by atoms with Crippen molar-refractivity contribution in [1.29, 1.82) is 0 Å². The Labute approximate surface area is 128 Å². The first kappa shape index (κ1) is 16.8. The molecule has 1 amide bonds. The second kappa shape index (κ2) is 5.89. The molecule has 1 saturated carbocycles. The van der Waals surface area contributed by atoms with Crippen LogP contribution in [-0.2, 0) is 4.79 Å². The zero-order valence-corrected chi connectivity index (χ0v) is 13.0. The van der Waals surface area contributed by atoms with Gasteiger partial charge in [-0.3, -0.25) is 9.78 Å². The van der Waals surface area contributed by atoms with E-state index in [1.54, 1.807) is 18.5 Å². The van der Waals surface area contributed by atoms with E-state index in [1.807, 2.05) is 26.8 Å². The van der Waals surface area contributed by atoms with E-state index < -0.39 is 18.6 Å². The number of hydrogen-bond acceptors (Lipinski definition) is 2. The number of pyridine rings is 1. The molecule has 3 nitrogen and oxygen atoms in total. The van der Waals surface area contributed by atoms with Crippen LogP contribution in [0.25, 0.3) is 0 Å². The second-order valence-electron chi connectivity index (χ2n) is 7.11. The third kappa shape index (κ3) is 4.71. The van der Waals surface area contributed by atoms with E-state index in [4.69, 9.17) is 0 Å². The van der Waals surface area contributed by atoms with Crippen molar-refractivity contribution in [3.8, 4) is 0 Å². The van der Waals surface area contributed by atoms with Gasteiger partial charge >= 0.3 is 6.18 Å². The van der Waals surface area contributed by atoms with Crippen molar-refractivity contribution in [2.75, 3.05) is 13.1 Å². The van der Waals surface area contributed by atoms with Crippen molar-refractivity contribution < 1.29 is 18.0 Å². The molecule has 0 aromatic carbocycles. The molecule has 1 aliphatic carbocycles. The standard InChI is InChI=1S/C16H21F3N2O/c1-15(2,3)9-21(10-16(17,18)19)14(22)13-7-12(13)11-5-4-6-20-8-11/h4-6,8,12-13H,7,9-10H2,1-3H3/t12-,13-/m0/s1. The topological polar surface area (TPSA) is 33.2 Å². The zero-order valence-electron chi connectivity index (χ0n) is 13.0. The fourth-order valence-corrected chi connectivity index (χ4v) is 2.67. The molecule has 1 aliphatic rings. The minimum atomic E-state index is -4.38. The molecule has 6 heteroatoms. The molecule has 0 saturated heterocycles. The van der Waals surface area contributed by atoms with Gasteiger partial charge in [0.25, 0.3) is 0 Å². The molecule has 0 spiro atoms. The average Bonchev–Trinajstić information content (AvgIpc) is 3.15. The fraction of sp³-hybridized carbons (Fsp3) is 0.625. The molecule has 122 valence electrons. The summed E-state index contributed by atoms with van der Waals surface area (Å²) in [5, 5.41) is 0. The third-order valence-electron chi connectivity index (χ3n) is 3.57. The van der Waals surface area contributed by atoms with Gasteiger partial charge in [-0.25, -0.2) is 0 Å². The van der Waals surface area contributed by atoms with Crippen LogP contribution in [0.3, 0.4) is 0 Å². The summed E-state index contributed by atoms with van der Waals surface area (Å²) in [6.07, 6.45) is -0.462. The van der Waals surface area contributed by atoms with Crippen LogP contribution in [0.2, 0.25) is 0 Å². The van der Waals surface area contributed by atoms with Crippen molar-refractivity contribution in [3.63, 3.8) is 0 Å². The highest BCUT2D eigenvalue weighted by Gasteiger charge is 2.48. The van der Waals surface area contributed by atoms with Crippen molar-refractivity contribution in [1.82, 2.24) is 9.88 Å². The maximum atomic E-state index is 12.7. The molecule has 0 unspecified atom stereocenters. The van der Waals surface area contributed by atoms with Gasteiger partial charge in [-0.2, -0.15) is 13.2 Å². The number of nitrogens with zero attached hydrogens (tertiary/aromatic N) is 2. The molecule has 22 heavy (non-hydrogen) atoms. The number of amides is 1. The van der Waals surface area contributed by atoms with Gasteiger partial charge in [-0.15, -0.1) is 0 Å². The zero-order chi connectivity index (χ0) is 16.5. The van der Waals surface area contributed by atoms with E-state index in [1.165, 1.54) is 0 Å². The summed E-state index contributed by atoms with van der Waals surface area (Å²) < 4.78 is 38.2. The van der Waals surface area contributed by atoms with Crippen LogP contribution in [0.5, 0.6) is 0 Å². The van der Waals surface area contributed by atoms with Gasteiger partial charge < -0.3 is 4.90 Å². The predicted molar refractivity (Wildman–Crippen MR) is 77.2 cm³/mol. The molecule has 1 fully saturated rings. The molecule has 0 aliphatic heterocycles. The van der Waals surface area contributed by atoms with Crippen molar-refractivity contribution in [2.45, 2.75) is 39.3 Å². The van der Waals surface area contributed by atoms with Crippen molar-refractivity contribution >= 4 is 5.91 Å². The molecule has 1 aromatic rings. The first-order valence-electron chi connectivity index (χ1n) is 7.32. The summed E-state index contributed by atoms with van der Waals surface area (Å²) >= 11 is 0. The largest absolute Gasteiger partial charge is 0.406 e. The number of alkyl halides is 3. The Morgan fingerprint density at radius 1 is 1.32 bits per heavy atom. The Morgan fingerprint density at radius 2 is 2.00 bits per heavy atom. The first-order valence-corrected chi connectivity index (χ1v) is 7.32. The summed E-state index contributed by atoms with van der Waals surface area (Å²) in [4.78, 5) is 17.4.